The molecular weight excluding hydrogens is 1650 g/mol. The standard InChI is InChI=1S/C26H28O3.C25H26O3.C19H20O2S.C18H21NO.C18H18O2S.10CH4/c1-4-26(2,3)25(27)29-19-18-28-24-22(20-12-7-5-8-13-20)16-11-17-23(24)21-14-9-6-10-15-21;1-3-19(2)25(26)28-18-17-27-24-22(20-11-6-4-7-12-20)15-10-16-23(24)21-13-8-5-9-14-21;1-4-19(2,3)18(21)22-16-12-10-15(11-13-16)17(20)14-8-6-5-7-9-14;1-4-18(2,3)17(20)19-16-12-10-15(11-13-16)14-8-6-5-7-9-14;1-3-13(2)18(20)21-16-11-9-15(10-12-16)17(19)14-7-5-4-6-8-14;;;;;;;;;;/h5-17H,4,18-19H2,1-3H3;4-16,19H,3,17-18H2,1-2H3;5-13H,4H2,1-3H3;5-13H,4H2,1-3H3,(H,19,20);4-13H,3H2,1-2H3;10*1H4. The summed E-state index contributed by atoms with van der Waals surface area (Å²) in [4.78, 5) is 86.6. The number of hydrogen-bond donors (Lipinski definition) is 1. The molecular formula is C116H153NO11S2. The van der Waals surface area contributed by atoms with Crippen molar-refractivity contribution < 1.29 is 52.5 Å². The molecule has 0 heterocycles. The Morgan fingerprint density at radius 2 is 0.592 bits per heavy atom. The molecule has 0 aliphatic carbocycles. The second kappa shape index (κ2) is 62.3. The predicted octanol–water partition coefficient (Wildman–Crippen LogP) is 33.0. The van der Waals surface area contributed by atoms with Crippen LogP contribution in [0.1, 0.15) is 228 Å². The minimum Gasteiger partial charge on any atom is -0.489 e. The number of esters is 2. The average Bonchev–Trinajstić information content (AvgIpc) is 0.789. The molecule has 700 valence electrons. The first-order valence-corrected chi connectivity index (χ1v) is 42.8. The number of hydrogen-bond acceptors (Lipinski definition) is 13. The second-order valence-electron chi connectivity index (χ2n) is 30.8. The van der Waals surface area contributed by atoms with E-state index in [1.54, 1.807) is 48.5 Å². The summed E-state index contributed by atoms with van der Waals surface area (Å²) < 4.78 is 23.2. The lowest BCUT2D eigenvalue weighted by Crippen LogP contribution is -2.29. The van der Waals surface area contributed by atoms with E-state index in [4.69, 9.17) is 18.9 Å². The number of benzene rings is 12. The van der Waals surface area contributed by atoms with E-state index in [0.717, 1.165) is 109 Å². The summed E-state index contributed by atoms with van der Waals surface area (Å²) >= 11 is 2.48. The van der Waals surface area contributed by atoms with Gasteiger partial charge in [0.1, 0.15) is 37.9 Å². The zero-order valence-corrected chi connectivity index (χ0v) is 73.1. The molecule has 0 bridgehead atoms. The van der Waals surface area contributed by atoms with E-state index in [1.165, 1.54) is 29.1 Å². The SMILES string of the molecule is C.C.C.C.C.C.C.C.C.C.CCC(C)(C)C(=O)Nc1ccc(-c2ccccc2)cc1.CCC(C)(C)C(=O)OCCOc1c(-c2ccccc2)cccc1-c1ccccc1.CCC(C)(C)C(=O)Sc1ccc(C(=O)c2ccccc2)cc1.CCC(C)C(=O)OCCOc1c(-c2ccccc2)cccc1-c1ccccc1.CCC(C)C(=O)Sc1ccc(C(=O)c2ccccc2)cc1. The monoisotopic (exact) mass is 1800 g/mol. The minimum atomic E-state index is -0.475. The van der Waals surface area contributed by atoms with E-state index in [0.29, 0.717) is 35.5 Å². The highest BCUT2D eigenvalue weighted by Crippen LogP contribution is 2.42. The van der Waals surface area contributed by atoms with Crippen molar-refractivity contribution in [1.29, 1.82) is 0 Å². The summed E-state index contributed by atoms with van der Waals surface area (Å²) in [6.45, 7) is 26.5. The van der Waals surface area contributed by atoms with Crippen LogP contribution in [0.2, 0.25) is 0 Å². The molecule has 14 heteroatoms. The molecule has 12 rings (SSSR count). The Hall–Kier alpha value is -12.0. The van der Waals surface area contributed by atoms with Gasteiger partial charge < -0.3 is 24.3 Å². The maximum Gasteiger partial charge on any atom is 0.311 e. The van der Waals surface area contributed by atoms with Crippen LogP contribution in [0.3, 0.4) is 0 Å². The topological polar surface area (TPSA) is 168 Å². The Balaban J connectivity index is -0.00000153. The first-order chi connectivity index (χ1) is 57.8. The van der Waals surface area contributed by atoms with Crippen LogP contribution in [0.5, 0.6) is 11.5 Å². The summed E-state index contributed by atoms with van der Waals surface area (Å²) in [5.41, 5.74) is 13.1. The molecule has 0 aliphatic heterocycles. The maximum atomic E-state index is 12.3. The molecule has 0 saturated carbocycles. The van der Waals surface area contributed by atoms with Crippen molar-refractivity contribution in [2.24, 2.45) is 28.1 Å². The lowest BCUT2D eigenvalue weighted by atomic mass is 9.89. The Bertz CT molecular complexity index is 5070. The van der Waals surface area contributed by atoms with Crippen LogP contribution < -0.4 is 14.8 Å². The first kappa shape index (κ1) is 122. The van der Waals surface area contributed by atoms with Gasteiger partial charge in [0, 0.05) is 76.7 Å². The van der Waals surface area contributed by atoms with Crippen molar-refractivity contribution in [3.05, 3.63) is 344 Å². The average molecular weight is 1800 g/mol. The van der Waals surface area contributed by atoms with Crippen LogP contribution >= 0.6 is 23.5 Å². The van der Waals surface area contributed by atoms with Gasteiger partial charge in [-0.05, 0) is 140 Å². The molecule has 1 N–H and O–H groups in total. The quantitative estimate of drug-likeness (QED) is 0.0196. The fourth-order valence-corrected chi connectivity index (χ4v) is 13.2. The second-order valence-corrected chi connectivity index (χ2v) is 32.9. The fraction of sp³-hybridized carbons (Fsp3) is 0.319. The highest BCUT2D eigenvalue weighted by molar-refractivity contribution is 8.14. The third-order valence-corrected chi connectivity index (χ3v) is 23.2. The number of rotatable bonds is 30. The third kappa shape index (κ3) is 37.2. The van der Waals surface area contributed by atoms with Crippen LogP contribution in [-0.4, -0.2) is 66.1 Å². The van der Waals surface area contributed by atoms with Gasteiger partial charge in [-0.3, -0.25) is 33.6 Å². The summed E-state index contributed by atoms with van der Waals surface area (Å²) in [6.07, 6.45) is 3.98. The van der Waals surface area contributed by atoms with E-state index in [-0.39, 0.29) is 150 Å². The van der Waals surface area contributed by atoms with E-state index in [9.17, 15) is 33.6 Å². The number of carbonyl (C=O) groups is 7. The largest absolute Gasteiger partial charge is 0.489 e. The number of thioether (sulfide) groups is 2. The van der Waals surface area contributed by atoms with Gasteiger partial charge >= 0.3 is 11.9 Å². The van der Waals surface area contributed by atoms with Crippen molar-refractivity contribution in [3.8, 4) is 67.1 Å². The lowest BCUT2D eigenvalue weighted by Gasteiger charge is -2.21. The molecule has 2 unspecified atom stereocenters. The number of carbonyl (C=O) groups excluding carboxylic acids is 7. The summed E-state index contributed by atoms with van der Waals surface area (Å²) in [6, 6.07) is 104. The zero-order chi connectivity index (χ0) is 86.5. The van der Waals surface area contributed by atoms with Gasteiger partial charge in [-0.2, -0.15) is 0 Å². The predicted molar refractivity (Wildman–Crippen MR) is 561 cm³/mol. The summed E-state index contributed by atoms with van der Waals surface area (Å²) in [7, 11) is 0. The summed E-state index contributed by atoms with van der Waals surface area (Å²) in [5, 5.41) is 3.29. The molecule has 12 aromatic carbocycles. The number of anilines is 1. The molecule has 12 aromatic rings. The van der Waals surface area contributed by atoms with Crippen molar-refractivity contribution in [2.75, 3.05) is 31.7 Å². The number of nitrogens with one attached hydrogen (secondary N) is 1. The summed E-state index contributed by atoms with van der Waals surface area (Å²) in [5.74, 6) is 1.27. The van der Waals surface area contributed by atoms with E-state index in [2.05, 4.69) is 90.2 Å². The van der Waals surface area contributed by atoms with Crippen molar-refractivity contribution in [1.82, 2.24) is 0 Å². The number of ether oxygens (including phenoxy) is 4. The lowest BCUT2D eigenvalue weighted by molar-refractivity contribution is -0.155. The van der Waals surface area contributed by atoms with Gasteiger partial charge in [-0.25, -0.2) is 0 Å². The molecule has 0 aromatic heterocycles. The molecule has 0 aliphatic rings. The van der Waals surface area contributed by atoms with Gasteiger partial charge in [0.25, 0.3) is 0 Å². The van der Waals surface area contributed by atoms with E-state index in [1.807, 2.05) is 278 Å². The van der Waals surface area contributed by atoms with Crippen molar-refractivity contribution in [3.63, 3.8) is 0 Å². The highest BCUT2D eigenvalue weighted by Gasteiger charge is 2.29. The maximum absolute atomic E-state index is 12.3. The Morgan fingerprint density at radius 3 is 0.915 bits per heavy atom. The number of ketones is 2. The van der Waals surface area contributed by atoms with Crippen LogP contribution in [0.25, 0.3) is 55.6 Å². The van der Waals surface area contributed by atoms with Crippen LogP contribution in [0, 0.1) is 28.1 Å². The van der Waals surface area contributed by atoms with E-state index < -0.39 is 5.41 Å². The first-order valence-electron chi connectivity index (χ1n) is 41.2. The van der Waals surface area contributed by atoms with Gasteiger partial charge in [-0.15, -0.1) is 0 Å². The Morgan fingerprint density at radius 1 is 0.300 bits per heavy atom. The molecule has 0 radical (unpaired) electrons. The number of amides is 1. The van der Waals surface area contributed by atoms with Crippen LogP contribution in [0.4, 0.5) is 5.69 Å². The zero-order valence-electron chi connectivity index (χ0n) is 71.4. The van der Waals surface area contributed by atoms with Crippen molar-refractivity contribution >= 4 is 68.9 Å². The Kier molecular flexibility index (Phi) is 58.5. The van der Waals surface area contributed by atoms with Crippen LogP contribution in [0.15, 0.2) is 331 Å². The number of para-hydroxylation sites is 2. The molecule has 2 atom stereocenters. The molecule has 0 saturated heterocycles. The molecule has 1 amide bonds. The normalized spacial score (nSPS) is 10.5. The smallest absolute Gasteiger partial charge is 0.311 e. The van der Waals surface area contributed by atoms with Crippen molar-refractivity contribution in [2.45, 2.75) is 206 Å². The minimum absolute atomic E-state index is 0. The van der Waals surface area contributed by atoms with Gasteiger partial charge in [0.15, 0.2) is 21.8 Å². The van der Waals surface area contributed by atoms with Gasteiger partial charge in [0.2, 0.25) is 5.91 Å². The molecule has 130 heavy (non-hydrogen) atoms. The molecule has 12 nitrogen and oxygen atoms in total. The fourth-order valence-electron chi connectivity index (χ4n) is 11.4. The Labute approximate surface area is 793 Å². The molecule has 0 fully saturated rings. The highest BCUT2D eigenvalue weighted by atomic mass is 32.2. The van der Waals surface area contributed by atoms with Gasteiger partial charge in [0.05, 0.1) is 11.3 Å². The van der Waals surface area contributed by atoms with Crippen LogP contribution in [-0.2, 0) is 33.4 Å². The van der Waals surface area contributed by atoms with Gasteiger partial charge in [-0.1, -0.05) is 435 Å². The third-order valence-electron chi connectivity index (χ3n) is 20.9. The molecule has 0 spiro atoms. The van der Waals surface area contributed by atoms with E-state index >= 15 is 0 Å².